The first-order valence-electron chi connectivity index (χ1n) is 9.97. The molecule has 1 aromatic carbocycles. The zero-order valence-corrected chi connectivity index (χ0v) is 17.0. The van der Waals surface area contributed by atoms with Crippen molar-refractivity contribution in [1.82, 2.24) is 15.3 Å². The molecule has 4 rings (SSSR count). The van der Waals surface area contributed by atoms with Crippen molar-refractivity contribution in [3.05, 3.63) is 52.3 Å². The van der Waals surface area contributed by atoms with Crippen LogP contribution in [0.15, 0.2) is 41.8 Å². The van der Waals surface area contributed by atoms with Crippen LogP contribution in [-0.4, -0.2) is 29.0 Å². The number of carbonyl (C=O) groups excluding carboxylic acids is 1. The van der Waals surface area contributed by atoms with Crippen LogP contribution in [0.2, 0.25) is 0 Å². The number of carbonyl (C=O) groups is 1. The minimum atomic E-state index is -0.995. The molecule has 0 radical (unpaired) electrons. The van der Waals surface area contributed by atoms with Gasteiger partial charge in [0, 0.05) is 18.0 Å². The van der Waals surface area contributed by atoms with E-state index < -0.39 is 5.92 Å². The Kier molecular flexibility index (Phi) is 6.01. The van der Waals surface area contributed by atoms with Crippen molar-refractivity contribution in [3.8, 4) is 6.07 Å². The molecular formula is C22H23N5OS. The van der Waals surface area contributed by atoms with Gasteiger partial charge < -0.3 is 10.2 Å². The third-order valence-electron chi connectivity index (χ3n) is 5.17. The third kappa shape index (κ3) is 4.38. The van der Waals surface area contributed by atoms with Crippen molar-refractivity contribution in [2.45, 2.75) is 38.1 Å². The van der Waals surface area contributed by atoms with Crippen LogP contribution in [0, 0.1) is 11.3 Å². The Bertz CT molecular complexity index is 1020. The van der Waals surface area contributed by atoms with Crippen molar-refractivity contribution in [3.63, 3.8) is 0 Å². The van der Waals surface area contributed by atoms with Crippen molar-refractivity contribution in [2.75, 3.05) is 18.0 Å². The number of benzene rings is 1. The van der Waals surface area contributed by atoms with E-state index in [0.717, 1.165) is 36.3 Å². The van der Waals surface area contributed by atoms with Crippen LogP contribution in [-0.2, 0) is 11.3 Å². The molecule has 1 aliphatic heterocycles. The number of fused-ring (bicyclic) bond motifs is 1. The van der Waals surface area contributed by atoms with Gasteiger partial charge in [-0.3, -0.25) is 4.79 Å². The van der Waals surface area contributed by atoms with E-state index in [4.69, 9.17) is 9.97 Å². The first-order valence-corrected chi connectivity index (χ1v) is 10.9. The number of aromatic nitrogens is 2. The molecule has 7 heteroatoms. The van der Waals surface area contributed by atoms with E-state index in [1.165, 1.54) is 12.8 Å². The standard InChI is InChI=1S/C22H23N5OS/c23-14-17(22(28)24-15-16-8-7-13-29-16)20-21(27-11-5-1-2-6-12-27)26-19-10-4-3-9-18(19)25-20/h3-4,7-10,13,17H,1-2,5-6,11-12,15H2,(H,24,28). The molecule has 1 aliphatic rings. The molecule has 6 nitrogen and oxygen atoms in total. The molecule has 1 amide bonds. The summed E-state index contributed by atoms with van der Waals surface area (Å²) in [6, 6.07) is 13.7. The number of hydrogen-bond donors (Lipinski definition) is 1. The van der Waals surface area contributed by atoms with Crippen LogP contribution in [0.5, 0.6) is 0 Å². The molecule has 1 unspecified atom stereocenters. The average Bonchev–Trinajstić information content (AvgIpc) is 3.13. The molecule has 0 spiro atoms. The van der Waals surface area contributed by atoms with E-state index in [1.54, 1.807) is 11.3 Å². The van der Waals surface area contributed by atoms with Gasteiger partial charge in [-0.2, -0.15) is 5.26 Å². The smallest absolute Gasteiger partial charge is 0.243 e. The Morgan fingerprint density at radius 2 is 1.83 bits per heavy atom. The number of thiophene rings is 1. The summed E-state index contributed by atoms with van der Waals surface area (Å²) >= 11 is 1.58. The van der Waals surface area contributed by atoms with Crippen molar-refractivity contribution >= 4 is 34.1 Å². The lowest BCUT2D eigenvalue weighted by molar-refractivity contribution is -0.121. The van der Waals surface area contributed by atoms with Gasteiger partial charge in [0.05, 0.1) is 23.6 Å². The van der Waals surface area contributed by atoms with Crippen LogP contribution >= 0.6 is 11.3 Å². The van der Waals surface area contributed by atoms with E-state index in [0.29, 0.717) is 23.6 Å². The highest BCUT2D eigenvalue weighted by Gasteiger charge is 2.29. The van der Waals surface area contributed by atoms with Gasteiger partial charge in [0.1, 0.15) is 5.69 Å². The largest absolute Gasteiger partial charge is 0.355 e. The predicted molar refractivity (Wildman–Crippen MR) is 115 cm³/mol. The maximum Gasteiger partial charge on any atom is 0.243 e. The van der Waals surface area contributed by atoms with Gasteiger partial charge in [0.15, 0.2) is 11.7 Å². The molecule has 3 aromatic rings. The summed E-state index contributed by atoms with van der Waals surface area (Å²) in [4.78, 5) is 25.7. The summed E-state index contributed by atoms with van der Waals surface area (Å²) in [5.74, 6) is -0.657. The Labute approximate surface area is 174 Å². The highest BCUT2D eigenvalue weighted by Crippen LogP contribution is 2.29. The quantitative estimate of drug-likeness (QED) is 0.694. The first kappa shape index (κ1) is 19.3. The number of anilines is 1. The Hall–Kier alpha value is -2.98. The topological polar surface area (TPSA) is 81.9 Å². The number of amides is 1. The van der Waals surface area contributed by atoms with Gasteiger partial charge in [-0.1, -0.05) is 31.0 Å². The predicted octanol–water partition coefficient (Wildman–Crippen LogP) is 4.00. The molecule has 1 atom stereocenters. The summed E-state index contributed by atoms with van der Waals surface area (Å²) in [5, 5.41) is 14.7. The highest BCUT2D eigenvalue weighted by atomic mass is 32.1. The van der Waals surface area contributed by atoms with E-state index in [2.05, 4.69) is 16.3 Å². The van der Waals surface area contributed by atoms with E-state index >= 15 is 0 Å². The van der Waals surface area contributed by atoms with Gasteiger partial charge >= 0.3 is 0 Å². The van der Waals surface area contributed by atoms with Gasteiger partial charge in [0.25, 0.3) is 0 Å². The van der Waals surface area contributed by atoms with Crippen molar-refractivity contribution < 1.29 is 4.79 Å². The van der Waals surface area contributed by atoms with Crippen LogP contribution in [0.1, 0.15) is 42.2 Å². The van der Waals surface area contributed by atoms with Gasteiger partial charge in [-0.15, -0.1) is 11.3 Å². The van der Waals surface area contributed by atoms with Crippen LogP contribution in [0.25, 0.3) is 11.0 Å². The molecule has 0 aliphatic carbocycles. The molecule has 2 aromatic heterocycles. The van der Waals surface area contributed by atoms with Crippen LogP contribution in [0.4, 0.5) is 5.82 Å². The zero-order valence-electron chi connectivity index (χ0n) is 16.2. The Morgan fingerprint density at radius 3 is 2.48 bits per heavy atom. The molecule has 1 saturated heterocycles. The van der Waals surface area contributed by atoms with E-state index in [-0.39, 0.29) is 5.91 Å². The number of nitrogens with zero attached hydrogens (tertiary/aromatic N) is 4. The van der Waals surface area contributed by atoms with Gasteiger partial charge in [-0.25, -0.2) is 9.97 Å². The number of hydrogen-bond acceptors (Lipinski definition) is 6. The lowest BCUT2D eigenvalue weighted by Crippen LogP contribution is -2.32. The number of nitriles is 1. The molecule has 1 N–H and O–H groups in total. The molecule has 0 saturated carbocycles. The summed E-state index contributed by atoms with van der Waals surface area (Å²) in [5.41, 5.74) is 1.94. The minimum absolute atomic E-state index is 0.332. The molecule has 0 bridgehead atoms. The fraction of sp³-hybridized carbons (Fsp3) is 0.364. The second-order valence-corrected chi connectivity index (χ2v) is 8.21. The van der Waals surface area contributed by atoms with Crippen LogP contribution in [0.3, 0.4) is 0 Å². The maximum absolute atomic E-state index is 12.9. The van der Waals surface area contributed by atoms with Gasteiger partial charge in [-0.05, 0) is 36.4 Å². The molecule has 29 heavy (non-hydrogen) atoms. The molecular weight excluding hydrogens is 382 g/mol. The monoisotopic (exact) mass is 405 g/mol. The lowest BCUT2D eigenvalue weighted by Gasteiger charge is -2.25. The van der Waals surface area contributed by atoms with E-state index in [9.17, 15) is 10.1 Å². The zero-order chi connectivity index (χ0) is 20.1. The first-order chi connectivity index (χ1) is 14.3. The number of nitrogens with one attached hydrogen (secondary N) is 1. The third-order valence-corrected chi connectivity index (χ3v) is 6.04. The van der Waals surface area contributed by atoms with Crippen molar-refractivity contribution in [2.24, 2.45) is 0 Å². The SMILES string of the molecule is N#CC(C(=O)NCc1cccs1)c1nc2ccccc2nc1N1CCCCCC1. The fourth-order valence-electron chi connectivity index (χ4n) is 3.65. The van der Waals surface area contributed by atoms with E-state index in [1.807, 2.05) is 41.8 Å². The fourth-order valence-corrected chi connectivity index (χ4v) is 4.29. The highest BCUT2D eigenvalue weighted by molar-refractivity contribution is 7.09. The summed E-state index contributed by atoms with van der Waals surface area (Å²) < 4.78 is 0. The Morgan fingerprint density at radius 1 is 1.10 bits per heavy atom. The second-order valence-electron chi connectivity index (χ2n) is 7.18. The Balaban J connectivity index is 1.69. The van der Waals surface area contributed by atoms with Crippen molar-refractivity contribution in [1.29, 1.82) is 5.26 Å². The number of rotatable bonds is 5. The summed E-state index contributed by atoms with van der Waals surface area (Å²) in [6.07, 6.45) is 4.54. The lowest BCUT2D eigenvalue weighted by atomic mass is 10.0. The molecule has 3 heterocycles. The maximum atomic E-state index is 12.9. The minimum Gasteiger partial charge on any atom is -0.355 e. The summed E-state index contributed by atoms with van der Waals surface area (Å²) in [6.45, 7) is 2.15. The number of para-hydroxylation sites is 2. The average molecular weight is 406 g/mol. The summed E-state index contributed by atoms with van der Waals surface area (Å²) in [7, 11) is 0. The normalized spacial score (nSPS) is 15.5. The van der Waals surface area contributed by atoms with Gasteiger partial charge in [0.2, 0.25) is 5.91 Å². The molecule has 148 valence electrons. The molecule has 1 fully saturated rings. The van der Waals surface area contributed by atoms with Crippen LogP contribution < -0.4 is 10.2 Å². The second kappa shape index (κ2) is 9.01.